The van der Waals surface area contributed by atoms with Crippen molar-refractivity contribution < 1.29 is 0 Å². The Balaban J connectivity index is 2.05. The number of para-hydroxylation sites is 1. The number of fused-ring (bicyclic) bond motifs is 3. The van der Waals surface area contributed by atoms with Gasteiger partial charge in [-0.05, 0) is 31.5 Å². The molecule has 0 radical (unpaired) electrons. The van der Waals surface area contributed by atoms with Crippen molar-refractivity contribution in [1.29, 1.82) is 0 Å². The minimum absolute atomic E-state index is 0.0548. The number of hydrogen-bond donors (Lipinski definition) is 1. The van der Waals surface area contributed by atoms with E-state index < -0.39 is 0 Å². The largest absolute Gasteiger partial charge is 0.349 e. The number of rotatable bonds is 4. The van der Waals surface area contributed by atoms with Crippen LogP contribution >= 0.6 is 11.8 Å². The molecule has 0 saturated carbocycles. The zero-order valence-electron chi connectivity index (χ0n) is 15.1. The molecule has 0 bridgehead atoms. The summed E-state index contributed by atoms with van der Waals surface area (Å²) in [5, 5.41) is 2.10. The van der Waals surface area contributed by atoms with Crippen molar-refractivity contribution in [3.63, 3.8) is 0 Å². The highest BCUT2D eigenvalue weighted by Gasteiger charge is 2.18. The van der Waals surface area contributed by atoms with Crippen molar-refractivity contribution in [2.24, 2.45) is 0 Å². The van der Waals surface area contributed by atoms with Crippen LogP contribution in [0.15, 0.2) is 58.5 Å². The van der Waals surface area contributed by atoms with Gasteiger partial charge in [0.15, 0.2) is 5.16 Å². The summed E-state index contributed by atoms with van der Waals surface area (Å²) in [4.78, 5) is 21.5. The van der Waals surface area contributed by atoms with Gasteiger partial charge in [0.2, 0.25) is 0 Å². The van der Waals surface area contributed by atoms with E-state index in [1.165, 1.54) is 0 Å². The average Bonchev–Trinajstić information content (AvgIpc) is 3.02. The quantitative estimate of drug-likeness (QED) is 0.407. The van der Waals surface area contributed by atoms with Gasteiger partial charge in [0.05, 0.1) is 5.69 Å². The first kappa shape index (κ1) is 16.9. The van der Waals surface area contributed by atoms with Crippen molar-refractivity contribution in [3.8, 4) is 5.69 Å². The third-order valence-corrected chi connectivity index (χ3v) is 5.89. The molecule has 0 aliphatic heterocycles. The number of H-pyrrole nitrogens is 1. The van der Waals surface area contributed by atoms with Crippen LogP contribution < -0.4 is 5.56 Å². The summed E-state index contributed by atoms with van der Waals surface area (Å²) in [6.07, 6.45) is 1.01. The van der Waals surface area contributed by atoms with E-state index in [1.807, 2.05) is 55.5 Å². The summed E-state index contributed by atoms with van der Waals surface area (Å²) in [5.41, 5.74) is 4.20. The van der Waals surface area contributed by atoms with Crippen molar-refractivity contribution in [2.75, 3.05) is 0 Å². The lowest BCUT2D eigenvalue weighted by Gasteiger charge is -2.15. The van der Waals surface area contributed by atoms with Gasteiger partial charge in [-0.25, -0.2) is 4.98 Å². The van der Waals surface area contributed by atoms with Gasteiger partial charge in [-0.3, -0.25) is 9.36 Å². The molecule has 1 atom stereocenters. The number of aryl methyl sites for hydroxylation is 1. The zero-order valence-corrected chi connectivity index (χ0v) is 15.9. The Morgan fingerprint density at radius 1 is 1.15 bits per heavy atom. The molecule has 2 aromatic carbocycles. The first-order chi connectivity index (χ1) is 12.6. The second-order valence-corrected chi connectivity index (χ2v) is 8.01. The van der Waals surface area contributed by atoms with Crippen LogP contribution in [-0.4, -0.2) is 19.8 Å². The molecule has 5 heteroatoms. The monoisotopic (exact) mass is 363 g/mol. The molecule has 0 saturated heterocycles. The van der Waals surface area contributed by atoms with Gasteiger partial charge >= 0.3 is 0 Å². The predicted octanol–water partition coefficient (Wildman–Crippen LogP) is 5.07. The van der Waals surface area contributed by atoms with Crippen LogP contribution in [-0.2, 0) is 0 Å². The molecule has 1 unspecified atom stereocenters. The van der Waals surface area contributed by atoms with Crippen LogP contribution in [0.1, 0.15) is 25.8 Å². The minimum Gasteiger partial charge on any atom is -0.349 e. The van der Waals surface area contributed by atoms with E-state index in [-0.39, 0.29) is 5.56 Å². The lowest BCUT2D eigenvalue weighted by Crippen LogP contribution is -2.22. The number of nitrogens with one attached hydrogen (secondary N) is 1. The van der Waals surface area contributed by atoms with Crippen molar-refractivity contribution in [2.45, 2.75) is 37.6 Å². The van der Waals surface area contributed by atoms with E-state index in [0.29, 0.717) is 10.8 Å². The molecule has 0 amide bonds. The number of aromatic amines is 1. The average molecular weight is 363 g/mol. The van der Waals surface area contributed by atoms with E-state index in [4.69, 9.17) is 4.98 Å². The van der Waals surface area contributed by atoms with Crippen LogP contribution in [0.3, 0.4) is 0 Å². The number of nitrogens with zero attached hydrogens (tertiary/aromatic N) is 2. The molecule has 2 aromatic heterocycles. The highest BCUT2D eigenvalue weighted by atomic mass is 32.2. The van der Waals surface area contributed by atoms with Crippen LogP contribution in [0, 0.1) is 6.92 Å². The molecule has 4 aromatic rings. The summed E-state index contributed by atoms with van der Waals surface area (Å²) in [7, 11) is 0. The molecule has 0 aliphatic carbocycles. The van der Waals surface area contributed by atoms with Crippen molar-refractivity contribution in [3.05, 3.63) is 64.4 Å². The molecule has 0 aliphatic rings. The molecule has 132 valence electrons. The van der Waals surface area contributed by atoms with Crippen LogP contribution in [0.25, 0.3) is 27.6 Å². The second-order valence-electron chi connectivity index (χ2n) is 6.60. The predicted molar refractivity (Wildman–Crippen MR) is 110 cm³/mol. The van der Waals surface area contributed by atoms with Crippen LogP contribution in [0.2, 0.25) is 0 Å². The van der Waals surface area contributed by atoms with Crippen LogP contribution in [0.5, 0.6) is 0 Å². The van der Waals surface area contributed by atoms with Gasteiger partial charge < -0.3 is 4.98 Å². The fraction of sp³-hybridized carbons (Fsp3) is 0.238. The smallest absolute Gasteiger partial charge is 0.283 e. The van der Waals surface area contributed by atoms with Gasteiger partial charge in [0.1, 0.15) is 11.0 Å². The zero-order chi connectivity index (χ0) is 18.3. The normalized spacial score (nSPS) is 12.7. The maximum absolute atomic E-state index is 13.4. The number of hydrogen-bond acceptors (Lipinski definition) is 3. The molecule has 1 N–H and O–H groups in total. The summed E-state index contributed by atoms with van der Waals surface area (Å²) < 4.78 is 1.73. The Morgan fingerprint density at radius 2 is 1.88 bits per heavy atom. The lowest BCUT2D eigenvalue weighted by atomic mass is 10.2. The third-order valence-electron chi connectivity index (χ3n) is 4.67. The number of benzene rings is 2. The molecule has 4 nitrogen and oxygen atoms in total. The summed E-state index contributed by atoms with van der Waals surface area (Å²) in [6, 6.07) is 15.9. The molecule has 0 spiro atoms. The van der Waals surface area contributed by atoms with Gasteiger partial charge in [-0.2, -0.15) is 0 Å². The van der Waals surface area contributed by atoms with Gasteiger partial charge in [0.25, 0.3) is 5.56 Å². The highest BCUT2D eigenvalue weighted by Crippen LogP contribution is 2.29. The van der Waals surface area contributed by atoms with E-state index in [9.17, 15) is 4.79 Å². The standard InChI is InChI=1S/C21H21N3OS/c1-4-14(3)26-21-23-18-16-7-5-6-8-17(16)22-19(18)20(25)24(21)15-11-9-13(2)10-12-15/h5-12,14,22H,4H2,1-3H3. The van der Waals surface area contributed by atoms with Gasteiger partial charge in [0, 0.05) is 16.2 Å². The molecular formula is C21H21N3OS. The molecule has 2 heterocycles. The first-order valence-corrected chi connectivity index (χ1v) is 9.73. The van der Waals surface area contributed by atoms with Crippen molar-refractivity contribution in [1.82, 2.24) is 14.5 Å². The molecule has 4 rings (SSSR count). The van der Waals surface area contributed by atoms with E-state index >= 15 is 0 Å². The summed E-state index contributed by atoms with van der Waals surface area (Å²) in [6.45, 7) is 6.35. The van der Waals surface area contributed by atoms with E-state index in [1.54, 1.807) is 16.3 Å². The SMILES string of the molecule is CCC(C)Sc1nc2c([nH]c3ccccc32)c(=O)n1-c1ccc(C)cc1. The Bertz CT molecular complexity index is 1140. The fourth-order valence-corrected chi connectivity index (χ4v) is 3.97. The minimum atomic E-state index is -0.0548. The summed E-state index contributed by atoms with van der Waals surface area (Å²) >= 11 is 1.65. The third kappa shape index (κ3) is 2.82. The highest BCUT2D eigenvalue weighted by molar-refractivity contribution is 7.99. The maximum Gasteiger partial charge on any atom is 0.283 e. The van der Waals surface area contributed by atoms with E-state index in [0.717, 1.165) is 39.2 Å². The molecule has 26 heavy (non-hydrogen) atoms. The Morgan fingerprint density at radius 3 is 2.62 bits per heavy atom. The van der Waals surface area contributed by atoms with Gasteiger partial charge in [-0.1, -0.05) is 61.5 Å². The Hall–Kier alpha value is -2.53. The molecular weight excluding hydrogens is 342 g/mol. The van der Waals surface area contributed by atoms with Gasteiger partial charge in [-0.15, -0.1) is 0 Å². The Kier molecular flexibility index (Phi) is 4.32. The fourth-order valence-electron chi connectivity index (χ4n) is 3.01. The Labute approximate surface area is 156 Å². The topological polar surface area (TPSA) is 50.7 Å². The van der Waals surface area contributed by atoms with Crippen molar-refractivity contribution >= 4 is 33.7 Å². The lowest BCUT2D eigenvalue weighted by molar-refractivity contribution is 0.805. The molecule has 0 fully saturated rings. The maximum atomic E-state index is 13.4. The number of thioether (sulfide) groups is 1. The second kappa shape index (κ2) is 6.65. The summed E-state index contributed by atoms with van der Waals surface area (Å²) in [5.74, 6) is 0. The van der Waals surface area contributed by atoms with E-state index in [2.05, 4.69) is 18.8 Å². The van der Waals surface area contributed by atoms with Crippen LogP contribution in [0.4, 0.5) is 0 Å². The number of aromatic nitrogens is 3. The first-order valence-electron chi connectivity index (χ1n) is 8.85.